The molecule has 0 fully saturated rings. The number of ether oxygens (including phenoxy) is 1. The quantitative estimate of drug-likeness (QED) is 0.866. The van der Waals surface area contributed by atoms with Crippen LogP contribution in [-0.2, 0) is 17.5 Å². The van der Waals surface area contributed by atoms with Crippen molar-refractivity contribution in [2.75, 3.05) is 6.61 Å². The summed E-state index contributed by atoms with van der Waals surface area (Å²) in [7, 11) is 0. The summed E-state index contributed by atoms with van der Waals surface area (Å²) in [6.45, 7) is 0.418. The van der Waals surface area contributed by atoms with Crippen LogP contribution >= 0.6 is 11.8 Å². The van der Waals surface area contributed by atoms with Gasteiger partial charge < -0.3 is 14.7 Å². The van der Waals surface area contributed by atoms with Crippen LogP contribution in [0.1, 0.15) is 22.6 Å². The lowest BCUT2D eigenvalue weighted by Gasteiger charge is -2.11. The molecule has 0 radical (unpaired) electrons. The summed E-state index contributed by atoms with van der Waals surface area (Å²) in [5.41, 5.74) is 0.666. The van der Waals surface area contributed by atoms with Gasteiger partial charge in [0.25, 0.3) is 0 Å². The standard InChI is InChI=1S/C8H6ClF3N.C8H7NO3/c9-13-5-6-1-3-7(4-2-6)8(10,11)12;10-8(11)6-4-12-7-5(6)2-1-3-9-7/h1-4H,5H2;1-3,6H,4H2,(H,10,11)/q-1;. The average Bonchev–Trinajstić information content (AvgIpc) is 3.00. The predicted molar refractivity (Wildman–Crippen MR) is 84.5 cm³/mol. The Balaban J connectivity index is 0.000000181. The SMILES string of the molecule is FC(F)(F)c1ccc(C[N-]Cl)cc1.O=C(O)C1COc2ncccc21. The van der Waals surface area contributed by atoms with Crippen molar-refractivity contribution in [1.29, 1.82) is 0 Å². The summed E-state index contributed by atoms with van der Waals surface area (Å²) in [6.07, 6.45) is -2.69. The van der Waals surface area contributed by atoms with Crippen molar-refractivity contribution in [3.05, 3.63) is 64.1 Å². The number of nitrogens with zero attached hydrogens (tertiary/aromatic N) is 2. The van der Waals surface area contributed by atoms with Crippen molar-refractivity contribution in [1.82, 2.24) is 4.98 Å². The van der Waals surface area contributed by atoms with E-state index in [0.29, 0.717) is 17.0 Å². The summed E-state index contributed by atoms with van der Waals surface area (Å²) in [4.78, 5) is 17.9. The van der Waals surface area contributed by atoms with Gasteiger partial charge in [0.1, 0.15) is 12.5 Å². The minimum Gasteiger partial charge on any atom is -0.572 e. The summed E-state index contributed by atoms with van der Waals surface area (Å²) in [5.74, 6) is -0.958. The van der Waals surface area contributed by atoms with Crippen LogP contribution in [0.25, 0.3) is 4.84 Å². The predicted octanol–water partition coefficient (Wildman–Crippen LogP) is 4.38. The van der Waals surface area contributed by atoms with Gasteiger partial charge in [-0.05, 0) is 18.2 Å². The first-order chi connectivity index (χ1) is 11.8. The van der Waals surface area contributed by atoms with E-state index < -0.39 is 23.6 Å². The van der Waals surface area contributed by atoms with Gasteiger partial charge in [-0.1, -0.05) is 23.8 Å². The number of halogens is 4. The topological polar surface area (TPSA) is 73.5 Å². The second kappa shape index (κ2) is 8.17. The molecule has 2 heterocycles. The van der Waals surface area contributed by atoms with E-state index in [1.807, 2.05) is 0 Å². The molecule has 0 amide bonds. The van der Waals surface area contributed by atoms with Gasteiger partial charge in [0.2, 0.25) is 5.88 Å². The number of fused-ring (bicyclic) bond motifs is 1. The Labute approximate surface area is 146 Å². The zero-order valence-corrected chi connectivity index (χ0v) is 13.5. The van der Waals surface area contributed by atoms with E-state index in [1.165, 1.54) is 12.1 Å². The van der Waals surface area contributed by atoms with Gasteiger partial charge in [0, 0.05) is 11.8 Å². The fourth-order valence-electron chi connectivity index (χ4n) is 2.11. The summed E-state index contributed by atoms with van der Waals surface area (Å²) < 4.78 is 41.2. The third-order valence-corrected chi connectivity index (χ3v) is 3.50. The number of hydrogen-bond donors (Lipinski definition) is 1. The summed E-state index contributed by atoms with van der Waals surface area (Å²) >= 11 is 5.07. The highest BCUT2D eigenvalue weighted by Gasteiger charge is 2.31. The number of benzene rings is 1. The molecule has 1 atom stereocenters. The van der Waals surface area contributed by atoms with E-state index >= 15 is 0 Å². The van der Waals surface area contributed by atoms with E-state index in [1.54, 1.807) is 18.3 Å². The van der Waals surface area contributed by atoms with Gasteiger partial charge in [-0.15, -0.1) is 6.54 Å². The van der Waals surface area contributed by atoms with Crippen LogP contribution < -0.4 is 4.74 Å². The maximum Gasteiger partial charge on any atom is 0.416 e. The number of carbonyl (C=O) groups is 1. The van der Waals surface area contributed by atoms with E-state index in [9.17, 15) is 18.0 Å². The molecule has 3 rings (SSSR count). The highest BCUT2D eigenvalue weighted by atomic mass is 35.5. The molecule has 1 aromatic heterocycles. The fourth-order valence-corrected chi connectivity index (χ4v) is 2.25. The maximum absolute atomic E-state index is 12.1. The first kappa shape index (κ1) is 19.0. The molecule has 1 aliphatic heterocycles. The molecule has 2 aromatic rings. The largest absolute Gasteiger partial charge is 0.572 e. The molecule has 0 saturated heterocycles. The molecule has 134 valence electrons. The molecule has 1 N–H and O–H groups in total. The third kappa shape index (κ3) is 5.07. The second-order valence-corrected chi connectivity index (χ2v) is 5.31. The van der Waals surface area contributed by atoms with Crippen molar-refractivity contribution in [3.8, 4) is 5.88 Å². The number of pyridine rings is 1. The molecule has 9 heteroatoms. The lowest BCUT2D eigenvalue weighted by atomic mass is 10.0. The van der Waals surface area contributed by atoms with E-state index in [2.05, 4.69) is 9.82 Å². The highest BCUT2D eigenvalue weighted by Crippen LogP contribution is 2.31. The number of carboxylic acids is 1. The van der Waals surface area contributed by atoms with Gasteiger partial charge in [0.15, 0.2) is 0 Å². The maximum atomic E-state index is 12.1. The average molecular weight is 374 g/mol. The summed E-state index contributed by atoms with van der Waals surface area (Å²) in [6, 6.07) is 8.18. The molecular weight excluding hydrogens is 361 g/mol. The second-order valence-electron chi connectivity index (χ2n) is 5.07. The van der Waals surface area contributed by atoms with Gasteiger partial charge in [-0.3, -0.25) is 16.6 Å². The lowest BCUT2D eigenvalue weighted by molar-refractivity contribution is -0.139. The Morgan fingerprint density at radius 1 is 1.32 bits per heavy atom. The van der Waals surface area contributed by atoms with Crippen LogP contribution in [0, 0.1) is 0 Å². The van der Waals surface area contributed by atoms with Crippen molar-refractivity contribution in [2.24, 2.45) is 0 Å². The summed E-state index contributed by atoms with van der Waals surface area (Å²) in [5, 5.41) is 8.75. The molecule has 1 aliphatic rings. The van der Waals surface area contributed by atoms with Gasteiger partial charge in [-0.25, -0.2) is 4.98 Å². The molecule has 1 unspecified atom stereocenters. The Morgan fingerprint density at radius 3 is 2.56 bits per heavy atom. The molecule has 0 aliphatic carbocycles. The van der Waals surface area contributed by atoms with Crippen molar-refractivity contribution in [3.63, 3.8) is 0 Å². The number of aliphatic carboxylic acids is 1. The molecule has 0 spiro atoms. The van der Waals surface area contributed by atoms with Gasteiger partial charge >= 0.3 is 12.1 Å². The number of hydrogen-bond acceptors (Lipinski definition) is 3. The first-order valence-corrected chi connectivity index (χ1v) is 7.41. The normalized spacial score (nSPS) is 15.6. The van der Waals surface area contributed by atoms with Gasteiger partial charge in [-0.2, -0.15) is 13.2 Å². The fraction of sp³-hybridized carbons (Fsp3) is 0.250. The monoisotopic (exact) mass is 373 g/mol. The molecule has 25 heavy (non-hydrogen) atoms. The smallest absolute Gasteiger partial charge is 0.416 e. The van der Waals surface area contributed by atoms with Crippen molar-refractivity contribution < 1.29 is 27.8 Å². The molecule has 1 aromatic carbocycles. The Hall–Kier alpha value is -2.32. The zero-order valence-electron chi connectivity index (χ0n) is 12.7. The Bertz CT molecular complexity index is 723. The first-order valence-electron chi connectivity index (χ1n) is 7.07. The van der Waals surface area contributed by atoms with Gasteiger partial charge in [0.05, 0.1) is 5.56 Å². The van der Waals surface area contributed by atoms with E-state index in [0.717, 1.165) is 12.1 Å². The van der Waals surface area contributed by atoms with Crippen LogP contribution in [0.3, 0.4) is 0 Å². The highest BCUT2D eigenvalue weighted by molar-refractivity contribution is 6.24. The Kier molecular flexibility index (Phi) is 6.22. The lowest BCUT2D eigenvalue weighted by Crippen LogP contribution is -2.12. The number of aromatic nitrogens is 1. The van der Waals surface area contributed by atoms with Crippen LogP contribution in [-0.4, -0.2) is 22.7 Å². The molecule has 0 saturated carbocycles. The molecular formula is C16H13ClF3N2O3-. The zero-order chi connectivity index (χ0) is 18.4. The Morgan fingerprint density at radius 2 is 2.00 bits per heavy atom. The molecule has 0 bridgehead atoms. The van der Waals surface area contributed by atoms with Crippen molar-refractivity contribution >= 4 is 17.7 Å². The minimum atomic E-state index is -4.28. The third-order valence-electron chi connectivity index (χ3n) is 3.38. The molecule has 5 nitrogen and oxygen atoms in total. The van der Waals surface area contributed by atoms with Crippen LogP contribution in [0.2, 0.25) is 0 Å². The van der Waals surface area contributed by atoms with Crippen LogP contribution in [0.15, 0.2) is 42.6 Å². The van der Waals surface area contributed by atoms with Crippen LogP contribution in [0.5, 0.6) is 5.88 Å². The van der Waals surface area contributed by atoms with E-state index in [-0.39, 0.29) is 13.2 Å². The number of rotatable bonds is 3. The van der Waals surface area contributed by atoms with Crippen molar-refractivity contribution in [2.45, 2.75) is 18.6 Å². The number of carboxylic acid groups (broad SMARTS) is 1. The number of alkyl halides is 3. The van der Waals surface area contributed by atoms with Crippen LogP contribution in [0.4, 0.5) is 13.2 Å². The van der Waals surface area contributed by atoms with E-state index in [4.69, 9.17) is 21.6 Å². The minimum absolute atomic E-state index is 0.196.